The van der Waals surface area contributed by atoms with Crippen LogP contribution in [0.15, 0.2) is 30.6 Å². The molecule has 1 heterocycles. The number of nitriles is 1. The topological polar surface area (TPSA) is 100 Å². The Hall–Kier alpha value is -2.92. The molecule has 1 aromatic heterocycles. The van der Waals surface area contributed by atoms with Gasteiger partial charge >= 0.3 is 0 Å². The minimum atomic E-state index is -0.511. The molecule has 0 aliphatic heterocycles. The van der Waals surface area contributed by atoms with Gasteiger partial charge in [0.05, 0.1) is 28.4 Å². The number of anilines is 1. The van der Waals surface area contributed by atoms with Crippen molar-refractivity contribution in [1.29, 1.82) is 5.26 Å². The maximum Gasteiger partial charge on any atom is 0.270 e. The Morgan fingerprint density at radius 3 is 2.78 bits per heavy atom. The second-order valence-electron chi connectivity index (χ2n) is 5.41. The van der Waals surface area contributed by atoms with Crippen molar-refractivity contribution in [2.75, 3.05) is 26.0 Å². The van der Waals surface area contributed by atoms with E-state index < -0.39 is 4.92 Å². The minimum absolute atomic E-state index is 0.0606. The number of nitrogens with zero attached hydrogens (tertiary/aromatic N) is 5. The highest BCUT2D eigenvalue weighted by atomic mass is 16.6. The molecule has 0 saturated heterocycles. The summed E-state index contributed by atoms with van der Waals surface area (Å²) in [5, 5.41) is 27.3. The summed E-state index contributed by atoms with van der Waals surface area (Å²) >= 11 is 0. The first-order chi connectivity index (χ1) is 10.9. The van der Waals surface area contributed by atoms with Gasteiger partial charge in [-0.05, 0) is 20.2 Å². The summed E-state index contributed by atoms with van der Waals surface area (Å²) in [6.45, 7) is 0.547. The van der Waals surface area contributed by atoms with Gasteiger partial charge in [-0.3, -0.25) is 14.8 Å². The van der Waals surface area contributed by atoms with Gasteiger partial charge in [-0.2, -0.15) is 10.4 Å². The van der Waals surface area contributed by atoms with Gasteiger partial charge in [-0.15, -0.1) is 0 Å². The molecular weight excluding hydrogens is 296 g/mol. The Bertz CT molecular complexity index is 747. The largest absolute Gasteiger partial charge is 0.382 e. The highest BCUT2D eigenvalue weighted by molar-refractivity contribution is 5.61. The molecule has 2 aromatic rings. The van der Waals surface area contributed by atoms with Crippen LogP contribution in [0.5, 0.6) is 0 Å². The number of nitro groups is 1. The van der Waals surface area contributed by atoms with Crippen molar-refractivity contribution in [3.8, 4) is 6.07 Å². The summed E-state index contributed by atoms with van der Waals surface area (Å²) in [6.07, 6.45) is 3.74. The van der Waals surface area contributed by atoms with Gasteiger partial charge in [0, 0.05) is 37.5 Å². The zero-order chi connectivity index (χ0) is 17.0. The van der Waals surface area contributed by atoms with Crippen LogP contribution in [0.4, 0.5) is 11.4 Å². The molecule has 0 spiro atoms. The van der Waals surface area contributed by atoms with Crippen molar-refractivity contribution in [3.63, 3.8) is 0 Å². The van der Waals surface area contributed by atoms with Gasteiger partial charge < -0.3 is 10.2 Å². The smallest absolute Gasteiger partial charge is 0.270 e. The first kappa shape index (κ1) is 16.5. The molecule has 1 unspecified atom stereocenters. The van der Waals surface area contributed by atoms with Gasteiger partial charge in [0.15, 0.2) is 0 Å². The number of non-ortho nitro benzene ring substituents is 1. The summed E-state index contributed by atoms with van der Waals surface area (Å²) in [6, 6.07) is 6.28. The molecule has 0 amide bonds. The zero-order valence-corrected chi connectivity index (χ0v) is 13.2. The van der Waals surface area contributed by atoms with Crippen molar-refractivity contribution >= 4 is 11.4 Å². The molecule has 8 nitrogen and oxygen atoms in total. The molecule has 0 fully saturated rings. The molecule has 0 aliphatic rings. The highest BCUT2D eigenvalue weighted by Crippen LogP contribution is 2.23. The molecule has 1 atom stereocenters. The average molecular weight is 314 g/mol. The van der Waals surface area contributed by atoms with Crippen LogP contribution in [-0.4, -0.2) is 40.2 Å². The maximum atomic E-state index is 10.8. The van der Waals surface area contributed by atoms with Gasteiger partial charge in [-0.1, -0.05) is 0 Å². The van der Waals surface area contributed by atoms with E-state index in [2.05, 4.69) is 10.4 Å². The fourth-order valence-electron chi connectivity index (χ4n) is 2.31. The van der Waals surface area contributed by atoms with Crippen LogP contribution in [0.3, 0.4) is 0 Å². The molecule has 0 saturated carbocycles. The fourth-order valence-corrected chi connectivity index (χ4v) is 2.31. The predicted octanol–water partition coefficient (Wildman–Crippen LogP) is 1.91. The Morgan fingerprint density at radius 1 is 1.52 bits per heavy atom. The van der Waals surface area contributed by atoms with Crippen molar-refractivity contribution in [2.24, 2.45) is 7.05 Å². The lowest BCUT2D eigenvalue weighted by molar-refractivity contribution is -0.384. The molecule has 120 valence electrons. The number of hydrogen-bond acceptors (Lipinski definition) is 6. The number of hydrogen-bond donors (Lipinski definition) is 1. The molecular formula is C15H18N6O2. The second-order valence-corrected chi connectivity index (χ2v) is 5.41. The molecule has 1 N–H and O–H groups in total. The van der Waals surface area contributed by atoms with E-state index in [-0.39, 0.29) is 17.3 Å². The van der Waals surface area contributed by atoms with E-state index in [0.717, 1.165) is 5.56 Å². The van der Waals surface area contributed by atoms with Crippen LogP contribution in [0.25, 0.3) is 0 Å². The Balaban J connectivity index is 2.18. The number of benzene rings is 1. The summed E-state index contributed by atoms with van der Waals surface area (Å²) < 4.78 is 1.73. The SMILES string of the molecule is CN(C)C(CNc1ccc([N+](=O)[O-])cc1C#N)c1cnn(C)c1. The van der Waals surface area contributed by atoms with E-state index in [1.165, 1.54) is 12.1 Å². The molecule has 2 rings (SSSR count). The minimum Gasteiger partial charge on any atom is -0.382 e. The normalized spacial score (nSPS) is 12.0. The summed E-state index contributed by atoms with van der Waals surface area (Å²) in [7, 11) is 5.77. The number of nitrogens with one attached hydrogen (secondary N) is 1. The number of rotatable bonds is 6. The molecule has 23 heavy (non-hydrogen) atoms. The van der Waals surface area contributed by atoms with Gasteiger partial charge in [0.2, 0.25) is 0 Å². The Labute approximate surface area is 134 Å². The number of aromatic nitrogens is 2. The molecule has 0 radical (unpaired) electrons. The summed E-state index contributed by atoms with van der Waals surface area (Å²) in [5.41, 5.74) is 1.78. The van der Waals surface area contributed by atoms with Crippen LogP contribution >= 0.6 is 0 Å². The number of likely N-dealkylation sites (N-methyl/N-ethyl adjacent to an activating group) is 1. The molecule has 0 bridgehead atoms. The van der Waals surface area contributed by atoms with E-state index >= 15 is 0 Å². The third kappa shape index (κ3) is 3.84. The van der Waals surface area contributed by atoms with E-state index in [0.29, 0.717) is 12.2 Å². The second kappa shape index (κ2) is 6.89. The summed E-state index contributed by atoms with van der Waals surface area (Å²) in [4.78, 5) is 12.3. The van der Waals surface area contributed by atoms with Gasteiger partial charge in [0.1, 0.15) is 6.07 Å². The van der Waals surface area contributed by atoms with Crippen molar-refractivity contribution in [2.45, 2.75) is 6.04 Å². The van der Waals surface area contributed by atoms with Crippen molar-refractivity contribution in [3.05, 3.63) is 51.8 Å². The van der Waals surface area contributed by atoms with Gasteiger partial charge in [-0.25, -0.2) is 0 Å². The van der Waals surface area contributed by atoms with Crippen LogP contribution < -0.4 is 5.32 Å². The molecule has 1 aromatic carbocycles. The third-order valence-corrected chi connectivity index (χ3v) is 3.55. The van der Waals surface area contributed by atoms with E-state index in [9.17, 15) is 15.4 Å². The molecule has 0 aliphatic carbocycles. The predicted molar refractivity (Wildman–Crippen MR) is 85.9 cm³/mol. The van der Waals surface area contributed by atoms with Crippen LogP contribution in [0.2, 0.25) is 0 Å². The standard InChI is InChI=1S/C15H18N6O2/c1-19(2)15(12-8-18-20(3)10-12)9-17-14-5-4-13(21(22)23)6-11(14)7-16/h4-6,8,10,15,17H,9H2,1-3H3. The quantitative estimate of drug-likeness (QED) is 0.646. The van der Waals surface area contributed by atoms with Crippen LogP contribution in [0.1, 0.15) is 17.2 Å². The van der Waals surface area contributed by atoms with Gasteiger partial charge in [0.25, 0.3) is 5.69 Å². The first-order valence-corrected chi connectivity index (χ1v) is 6.99. The summed E-state index contributed by atoms with van der Waals surface area (Å²) in [5.74, 6) is 0. The lowest BCUT2D eigenvalue weighted by Crippen LogP contribution is -2.26. The molecule has 8 heteroatoms. The van der Waals surface area contributed by atoms with E-state index in [1.807, 2.05) is 38.3 Å². The highest BCUT2D eigenvalue weighted by Gasteiger charge is 2.17. The van der Waals surface area contributed by atoms with Crippen molar-refractivity contribution < 1.29 is 4.92 Å². The van der Waals surface area contributed by atoms with E-state index in [4.69, 9.17) is 0 Å². The monoisotopic (exact) mass is 314 g/mol. The number of nitro benzene ring substituents is 1. The number of aryl methyl sites for hydroxylation is 1. The Morgan fingerprint density at radius 2 is 2.26 bits per heavy atom. The maximum absolute atomic E-state index is 10.8. The van der Waals surface area contributed by atoms with E-state index in [1.54, 1.807) is 16.9 Å². The fraction of sp³-hybridized carbons (Fsp3) is 0.333. The lowest BCUT2D eigenvalue weighted by Gasteiger charge is -2.24. The average Bonchev–Trinajstić information content (AvgIpc) is 2.93. The lowest BCUT2D eigenvalue weighted by atomic mass is 10.1. The zero-order valence-electron chi connectivity index (χ0n) is 13.2. The third-order valence-electron chi connectivity index (χ3n) is 3.55. The first-order valence-electron chi connectivity index (χ1n) is 6.99. The Kier molecular flexibility index (Phi) is 4.93. The van der Waals surface area contributed by atoms with Crippen LogP contribution in [-0.2, 0) is 7.05 Å². The van der Waals surface area contributed by atoms with Crippen LogP contribution in [0, 0.1) is 21.4 Å². The van der Waals surface area contributed by atoms with Crippen molar-refractivity contribution in [1.82, 2.24) is 14.7 Å².